The van der Waals surface area contributed by atoms with Gasteiger partial charge in [-0.15, -0.1) is 0 Å². The average molecular weight is 526 g/mol. The highest BCUT2D eigenvalue weighted by atomic mass is 16.6. The first-order chi connectivity index (χ1) is 18.0. The maximum atomic E-state index is 12.3. The van der Waals surface area contributed by atoms with Crippen LogP contribution in [-0.2, 0) is 19.1 Å². The van der Waals surface area contributed by atoms with Gasteiger partial charge < -0.3 is 30.5 Å². The first kappa shape index (κ1) is 28.5. The Hall–Kier alpha value is -4.08. The summed E-state index contributed by atoms with van der Waals surface area (Å²) in [7, 11) is 0. The highest BCUT2D eigenvalue weighted by Gasteiger charge is 2.29. The van der Waals surface area contributed by atoms with Crippen molar-refractivity contribution >= 4 is 24.1 Å². The number of fused-ring (bicyclic) bond motifs is 3. The molecule has 0 aliphatic heterocycles. The molecule has 10 heteroatoms. The van der Waals surface area contributed by atoms with Crippen LogP contribution in [0, 0.1) is 0 Å². The van der Waals surface area contributed by atoms with Gasteiger partial charge >= 0.3 is 18.2 Å². The van der Waals surface area contributed by atoms with Gasteiger partial charge in [-0.1, -0.05) is 48.5 Å². The molecule has 0 radical (unpaired) electrons. The molecule has 204 valence electrons. The van der Waals surface area contributed by atoms with Gasteiger partial charge in [-0.25, -0.2) is 14.4 Å². The summed E-state index contributed by atoms with van der Waals surface area (Å²) < 4.78 is 10.5. The second kappa shape index (κ2) is 12.9. The number of carbonyl (C=O) groups is 4. The molecule has 1 aliphatic carbocycles. The number of aliphatic carboxylic acids is 1. The maximum Gasteiger partial charge on any atom is 0.407 e. The number of ether oxygens (including phenoxy) is 2. The van der Waals surface area contributed by atoms with Crippen LogP contribution in [0.3, 0.4) is 0 Å². The van der Waals surface area contributed by atoms with Gasteiger partial charge in [0.25, 0.3) is 0 Å². The molecule has 0 fully saturated rings. The fourth-order valence-electron chi connectivity index (χ4n) is 4.28. The highest BCUT2D eigenvalue weighted by Crippen LogP contribution is 2.44. The van der Waals surface area contributed by atoms with Crippen molar-refractivity contribution in [3.63, 3.8) is 0 Å². The lowest BCUT2D eigenvalue weighted by molar-refractivity contribution is -0.141. The number of carboxylic acid groups (broad SMARTS) is 1. The Balaban J connectivity index is 1.38. The van der Waals surface area contributed by atoms with Gasteiger partial charge in [0.2, 0.25) is 5.91 Å². The second-order valence-corrected chi connectivity index (χ2v) is 10.1. The van der Waals surface area contributed by atoms with Crippen molar-refractivity contribution in [1.82, 2.24) is 16.0 Å². The van der Waals surface area contributed by atoms with Crippen LogP contribution in [0.1, 0.15) is 57.1 Å². The van der Waals surface area contributed by atoms with Crippen molar-refractivity contribution in [3.05, 3.63) is 59.7 Å². The molecule has 0 heterocycles. The predicted octanol–water partition coefficient (Wildman–Crippen LogP) is 3.79. The monoisotopic (exact) mass is 525 g/mol. The summed E-state index contributed by atoms with van der Waals surface area (Å²) in [4.78, 5) is 47.7. The van der Waals surface area contributed by atoms with E-state index >= 15 is 0 Å². The lowest BCUT2D eigenvalue weighted by Crippen LogP contribution is -2.45. The summed E-state index contributed by atoms with van der Waals surface area (Å²) in [6.45, 7) is 5.29. The largest absolute Gasteiger partial charge is 0.480 e. The lowest BCUT2D eigenvalue weighted by atomic mass is 9.98. The summed E-state index contributed by atoms with van der Waals surface area (Å²) in [5.41, 5.74) is 3.76. The fraction of sp³-hybridized carbons (Fsp3) is 0.429. The van der Waals surface area contributed by atoms with Crippen LogP contribution in [-0.4, -0.2) is 60.5 Å². The molecular formula is C28H35N3O7. The van der Waals surface area contributed by atoms with E-state index in [1.54, 1.807) is 20.8 Å². The van der Waals surface area contributed by atoms with Crippen molar-refractivity contribution in [3.8, 4) is 11.1 Å². The zero-order chi connectivity index (χ0) is 27.7. The average Bonchev–Trinajstić information content (AvgIpc) is 3.18. The van der Waals surface area contributed by atoms with E-state index in [2.05, 4.69) is 16.0 Å². The summed E-state index contributed by atoms with van der Waals surface area (Å²) in [6.07, 6.45) is -0.173. The minimum atomic E-state index is -1.18. The van der Waals surface area contributed by atoms with Gasteiger partial charge in [0.15, 0.2) is 0 Å². The Morgan fingerprint density at radius 3 is 2.08 bits per heavy atom. The number of unbranched alkanes of at least 4 members (excludes halogenated alkanes) is 1. The molecular weight excluding hydrogens is 490 g/mol. The van der Waals surface area contributed by atoms with E-state index in [0.717, 1.165) is 22.3 Å². The van der Waals surface area contributed by atoms with E-state index in [9.17, 15) is 24.3 Å². The van der Waals surface area contributed by atoms with Crippen LogP contribution in [0.25, 0.3) is 11.1 Å². The number of alkyl carbamates (subject to hydrolysis) is 2. The normalized spacial score (nSPS) is 13.0. The number of benzene rings is 2. The SMILES string of the molecule is CC(C)(C)OC(=O)NCCCC[C@H](NC(=O)CNC(=O)OCC1c2ccccc2-c2ccccc21)C(=O)O. The molecule has 2 aromatic carbocycles. The van der Waals surface area contributed by atoms with Crippen molar-refractivity contribution in [2.75, 3.05) is 19.7 Å². The van der Waals surface area contributed by atoms with E-state index in [0.29, 0.717) is 19.4 Å². The van der Waals surface area contributed by atoms with E-state index in [1.807, 2.05) is 48.5 Å². The smallest absolute Gasteiger partial charge is 0.407 e. The quantitative estimate of drug-likeness (QED) is 0.327. The molecule has 38 heavy (non-hydrogen) atoms. The molecule has 1 aliphatic rings. The van der Waals surface area contributed by atoms with Gasteiger partial charge in [-0.3, -0.25) is 4.79 Å². The number of hydrogen-bond acceptors (Lipinski definition) is 6. The Bertz CT molecular complexity index is 1110. The molecule has 0 aromatic heterocycles. The topological polar surface area (TPSA) is 143 Å². The molecule has 3 rings (SSSR count). The summed E-state index contributed by atoms with van der Waals surface area (Å²) >= 11 is 0. The van der Waals surface area contributed by atoms with Crippen LogP contribution in [0.4, 0.5) is 9.59 Å². The summed E-state index contributed by atoms with van der Waals surface area (Å²) in [6, 6.07) is 14.8. The molecule has 10 nitrogen and oxygen atoms in total. The highest BCUT2D eigenvalue weighted by molar-refractivity contribution is 5.86. The van der Waals surface area contributed by atoms with E-state index in [4.69, 9.17) is 9.47 Å². The predicted molar refractivity (Wildman–Crippen MR) is 141 cm³/mol. The van der Waals surface area contributed by atoms with Gasteiger partial charge in [0, 0.05) is 12.5 Å². The summed E-state index contributed by atoms with van der Waals surface area (Å²) in [5, 5.41) is 16.8. The van der Waals surface area contributed by atoms with Gasteiger partial charge in [0.05, 0.1) is 0 Å². The van der Waals surface area contributed by atoms with Gasteiger partial charge in [-0.05, 0) is 62.3 Å². The second-order valence-electron chi connectivity index (χ2n) is 10.1. The van der Waals surface area contributed by atoms with Gasteiger partial charge in [0.1, 0.15) is 24.8 Å². The van der Waals surface area contributed by atoms with Crippen molar-refractivity contribution in [1.29, 1.82) is 0 Å². The minimum Gasteiger partial charge on any atom is -0.480 e. The Morgan fingerprint density at radius 1 is 0.895 bits per heavy atom. The molecule has 4 N–H and O–H groups in total. The van der Waals surface area contributed by atoms with E-state index in [-0.39, 0.29) is 18.9 Å². The first-order valence-corrected chi connectivity index (χ1v) is 12.6. The molecule has 0 spiro atoms. The number of carbonyl (C=O) groups excluding carboxylic acids is 3. The van der Waals surface area contributed by atoms with Crippen LogP contribution >= 0.6 is 0 Å². The molecule has 0 saturated heterocycles. The van der Waals surface area contributed by atoms with Gasteiger partial charge in [-0.2, -0.15) is 0 Å². The number of amides is 3. The van der Waals surface area contributed by atoms with Crippen molar-refractivity contribution in [2.24, 2.45) is 0 Å². The zero-order valence-electron chi connectivity index (χ0n) is 21.9. The Morgan fingerprint density at radius 2 is 1.50 bits per heavy atom. The third kappa shape index (κ3) is 8.22. The third-order valence-electron chi connectivity index (χ3n) is 5.96. The molecule has 2 aromatic rings. The number of rotatable bonds is 11. The summed E-state index contributed by atoms with van der Waals surface area (Å²) in [5.74, 6) is -1.93. The van der Waals surface area contributed by atoms with Crippen LogP contribution < -0.4 is 16.0 Å². The third-order valence-corrected chi connectivity index (χ3v) is 5.96. The number of nitrogens with one attached hydrogen (secondary N) is 3. The fourth-order valence-corrected chi connectivity index (χ4v) is 4.28. The van der Waals surface area contributed by atoms with Crippen molar-refractivity contribution in [2.45, 2.75) is 57.6 Å². The maximum absolute atomic E-state index is 12.3. The van der Waals surface area contributed by atoms with E-state index in [1.165, 1.54) is 0 Å². The minimum absolute atomic E-state index is 0.108. The zero-order valence-corrected chi connectivity index (χ0v) is 21.9. The van der Waals surface area contributed by atoms with Crippen LogP contribution in [0.2, 0.25) is 0 Å². The first-order valence-electron chi connectivity index (χ1n) is 12.6. The Kier molecular flexibility index (Phi) is 9.70. The lowest BCUT2D eigenvalue weighted by Gasteiger charge is -2.19. The van der Waals surface area contributed by atoms with Crippen LogP contribution in [0.5, 0.6) is 0 Å². The van der Waals surface area contributed by atoms with Crippen molar-refractivity contribution < 1.29 is 33.8 Å². The molecule has 3 amide bonds. The molecule has 0 bridgehead atoms. The number of hydrogen-bond donors (Lipinski definition) is 4. The molecule has 1 atom stereocenters. The van der Waals surface area contributed by atoms with E-state index < -0.39 is 42.3 Å². The standard InChI is InChI=1S/C28H35N3O7/c1-28(2,3)38-27(36)29-15-9-8-14-23(25(33)34)31-24(32)16-30-26(35)37-17-22-20-12-6-4-10-18(20)19-11-5-7-13-21(19)22/h4-7,10-13,22-23H,8-9,14-17H2,1-3H3,(H,29,36)(H,30,35)(H,31,32)(H,33,34)/t23-/m0/s1. The molecule has 0 unspecified atom stereocenters. The molecule has 0 saturated carbocycles. The Labute approximate surface area is 222 Å². The number of carboxylic acids is 1. The van der Waals surface area contributed by atoms with Crippen LogP contribution in [0.15, 0.2) is 48.5 Å².